The van der Waals surface area contributed by atoms with E-state index < -0.39 is 23.1 Å². The summed E-state index contributed by atoms with van der Waals surface area (Å²) in [4.78, 5) is 22.5. The molecular formula is C11H11BrO7. The van der Waals surface area contributed by atoms with Gasteiger partial charge in [0.1, 0.15) is 15.6 Å². The maximum atomic E-state index is 11.3. The lowest BCUT2D eigenvalue weighted by molar-refractivity contribution is 0.0685. The molecule has 0 bridgehead atoms. The van der Waals surface area contributed by atoms with Crippen LogP contribution in [-0.4, -0.2) is 43.5 Å². The Morgan fingerprint density at radius 2 is 1.16 bits per heavy atom. The van der Waals surface area contributed by atoms with Crippen LogP contribution in [0.15, 0.2) is 4.47 Å². The van der Waals surface area contributed by atoms with Crippen molar-refractivity contribution in [2.24, 2.45) is 0 Å². The molecule has 7 nitrogen and oxygen atoms in total. The predicted octanol–water partition coefficient (Wildman–Crippen LogP) is 1.87. The average molecular weight is 335 g/mol. The van der Waals surface area contributed by atoms with Gasteiger partial charge in [0.05, 0.1) is 21.3 Å². The summed E-state index contributed by atoms with van der Waals surface area (Å²) < 4.78 is 14.9. The molecule has 19 heavy (non-hydrogen) atoms. The van der Waals surface area contributed by atoms with Crippen molar-refractivity contribution < 1.29 is 34.0 Å². The van der Waals surface area contributed by atoms with Crippen LogP contribution in [0.2, 0.25) is 0 Å². The van der Waals surface area contributed by atoms with Gasteiger partial charge in [-0.25, -0.2) is 9.59 Å². The molecule has 104 valence electrons. The third-order valence-corrected chi connectivity index (χ3v) is 3.07. The fourth-order valence-corrected chi connectivity index (χ4v) is 2.35. The van der Waals surface area contributed by atoms with Gasteiger partial charge in [-0.15, -0.1) is 0 Å². The van der Waals surface area contributed by atoms with E-state index in [4.69, 9.17) is 14.2 Å². The molecule has 1 aromatic rings. The molecule has 0 saturated carbocycles. The van der Waals surface area contributed by atoms with E-state index in [0.29, 0.717) is 0 Å². The lowest BCUT2D eigenvalue weighted by Gasteiger charge is -2.17. The van der Waals surface area contributed by atoms with E-state index in [1.54, 1.807) is 0 Å². The molecule has 1 rings (SSSR count). The van der Waals surface area contributed by atoms with E-state index in [0.717, 1.165) is 0 Å². The number of hydrogen-bond acceptors (Lipinski definition) is 5. The Labute approximate surface area is 116 Å². The van der Waals surface area contributed by atoms with E-state index in [2.05, 4.69) is 15.9 Å². The van der Waals surface area contributed by atoms with E-state index in [-0.39, 0.29) is 21.7 Å². The van der Waals surface area contributed by atoms with Gasteiger partial charge in [-0.05, 0) is 15.9 Å². The van der Waals surface area contributed by atoms with Crippen molar-refractivity contribution in [2.45, 2.75) is 0 Å². The first-order valence-corrected chi connectivity index (χ1v) is 5.67. The summed E-state index contributed by atoms with van der Waals surface area (Å²) in [6.07, 6.45) is 0. The molecule has 0 heterocycles. The van der Waals surface area contributed by atoms with Crippen molar-refractivity contribution in [3.05, 3.63) is 15.6 Å². The number of ether oxygens (including phenoxy) is 3. The van der Waals surface area contributed by atoms with Crippen LogP contribution in [0.25, 0.3) is 0 Å². The Morgan fingerprint density at radius 1 is 0.842 bits per heavy atom. The van der Waals surface area contributed by atoms with Crippen LogP contribution in [-0.2, 0) is 0 Å². The number of carbonyl (C=O) groups is 2. The zero-order chi connectivity index (χ0) is 14.7. The first-order valence-electron chi connectivity index (χ1n) is 4.88. The molecule has 1 aromatic carbocycles. The second-order valence-corrected chi connectivity index (χ2v) is 4.07. The summed E-state index contributed by atoms with van der Waals surface area (Å²) in [5, 5.41) is 18.4. The minimum absolute atomic E-state index is 0.0776. The molecule has 0 radical (unpaired) electrons. The van der Waals surface area contributed by atoms with Crippen LogP contribution in [0, 0.1) is 0 Å². The second-order valence-electron chi connectivity index (χ2n) is 3.27. The summed E-state index contributed by atoms with van der Waals surface area (Å²) in [5.74, 6) is -3.24. The lowest BCUT2D eigenvalue weighted by atomic mass is 10.1. The average Bonchev–Trinajstić information content (AvgIpc) is 2.36. The highest BCUT2D eigenvalue weighted by atomic mass is 79.9. The number of halogens is 1. The number of benzene rings is 1. The molecule has 0 aromatic heterocycles. The summed E-state index contributed by atoms with van der Waals surface area (Å²) in [6.45, 7) is 0. The van der Waals surface area contributed by atoms with Gasteiger partial charge in [-0.1, -0.05) is 0 Å². The first-order chi connectivity index (χ1) is 8.90. The minimum Gasteiger partial charge on any atom is -0.495 e. The van der Waals surface area contributed by atoms with Crippen LogP contribution < -0.4 is 14.2 Å². The van der Waals surface area contributed by atoms with E-state index >= 15 is 0 Å². The molecule has 0 saturated heterocycles. The first kappa shape index (κ1) is 15.1. The molecule has 0 fully saturated rings. The highest BCUT2D eigenvalue weighted by molar-refractivity contribution is 9.10. The third-order valence-electron chi connectivity index (χ3n) is 2.35. The van der Waals surface area contributed by atoms with E-state index in [9.17, 15) is 19.8 Å². The van der Waals surface area contributed by atoms with Crippen LogP contribution in [0.3, 0.4) is 0 Å². The number of hydrogen-bond donors (Lipinski definition) is 2. The van der Waals surface area contributed by atoms with Crippen molar-refractivity contribution in [2.75, 3.05) is 21.3 Å². The molecule has 8 heteroatoms. The number of carboxylic acid groups (broad SMARTS) is 2. The number of carboxylic acids is 2. The molecule has 0 aliphatic carbocycles. The Morgan fingerprint density at radius 3 is 1.37 bits per heavy atom. The lowest BCUT2D eigenvalue weighted by Crippen LogP contribution is -2.12. The number of aromatic carboxylic acids is 2. The molecule has 0 amide bonds. The zero-order valence-corrected chi connectivity index (χ0v) is 11.9. The predicted molar refractivity (Wildman–Crippen MR) is 67.7 cm³/mol. The van der Waals surface area contributed by atoms with Gasteiger partial charge in [-0.3, -0.25) is 0 Å². The van der Waals surface area contributed by atoms with Crippen molar-refractivity contribution in [3.63, 3.8) is 0 Å². The molecule has 0 spiro atoms. The Bertz CT molecular complexity index is 495. The smallest absolute Gasteiger partial charge is 0.343 e. The van der Waals surface area contributed by atoms with Crippen molar-refractivity contribution >= 4 is 27.9 Å². The summed E-state index contributed by atoms with van der Waals surface area (Å²) in [6, 6.07) is 0. The normalized spacial score (nSPS) is 9.89. The summed E-state index contributed by atoms with van der Waals surface area (Å²) in [5.41, 5.74) is -0.787. The molecular weight excluding hydrogens is 324 g/mol. The van der Waals surface area contributed by atoms with Crippen molar-refractivity contribution in [3.8, 4) is 17.2 Å². The highest BCUT2D eigenvalue weighted by Crippen LogP contribution is 2.46. The van der Waals surface area contributed by atoms with Gasteiger partial charge in [0, 0.05) is 0 Å². The maximum Gasteiger partial charge on any atom is 0.343 e. The van der Waals surface area contributed by atoms with Gasteiger partial charge in [0.2, 0.25) is 0 Å². The van der Waals surface area contributed by atoms with Gasteiger partial charge in [-0.2, -0.15) is 0 Å². The van der Waals surface area contributed by atoms with Crippen LogP contribution in [0.1, 0.15) is 20.7 Å². The van der Waals surface area contributed by atoms with Gasteiger partial charge < -0.3 is 24.4 Å². The quantitative estimate of drug-likeness (QED) is 0.847. The summed E-state index contributed by atoms with van der Waals surface area (Å²) >= 11 is 3.07. The van der Waals surface area contributed by atoms with Gasteiger partial charge >= 0.3 is 11.9 Å². The molecule has 0 aliphatic heterocycles. The van der Waals surface area contributed by atoms with Crippen LogP contribution >= 0.6 is 15.9 Å². The highest BCUT2D eigenvalue weighted by Gasteiger charge is 2.32. The summed E-state index contributed by atoms with van der Waals surface area (Å²) in [7, 11) is 3.68. The topological polar surface area (TPSA) is 102 Å². The van der Waals surface area contributed by atoms with Crippen LogP contribution in [0.4, 0.5) is 0 Å². The molecule has 0 aliphatic rings. The molecule has 0 atom stereocenters. The van der Waals surface area contributed by atoms with E-state index in [1.807, 2.05) is 0 Å². The Kier molecular flexibility index (Phi) is 4.60. The SMILES string of the molecule is COc1c(Br)c(OC)c(C(=O)O)c(OC)c1C(=O)O. The third kappa shape index (κ3) is 2.43. The number of rotatable bonds is 5. The fraction of sp³-hybridized carbons (Fsp3) is 0.273. The second kappa shape index (κ2) is 5.79. The largest absolute Gasteiger partial charge is 0.495 e. The zero-order valence-electron chi connectivity index (χ0n) is 10.3. The fourth-order valence-electron chi connectivity index (χ4n) is 1.63. The Balaban J connectivity index is 3.92. The Hall–Kier alpha value is -1.96. The van der Waals surface area contributed by atoms with Gasteiger partial charge in [0.25, 0.3) is 0 Å². The minimum atomic E-state index is -1.38. The van der Waals surface area contributed by atoms with Crippen molar-refractivity contribution in [1.82, 2.24) is 0 Å². The van der Waals surface area contributed by atoms with Crippen molar-refractivity contribution in [1.29, 1.82) is 0 Å². The maximum absolute atomic E-state index is 11.3. The molecule has 0 unspecified atom stereocenters. The van der Waals surface area contributed by atoms with Gasteiger partial charge in [0.15, 0.2) is 17.2 Å². The van der Waals surface area contributed by atoms with Crippen LogP contribution in [0.5, 0.6) is 17.2 Å². The number of methoxy groups -OCH3 is 3. The monoisotopic (exact) mass is 334 g/mol. The standard InChI is InChI=1S/C11H11BrO7/c1-17-7-4(10(13)14)8(18-2)6(12)9(19-3)5(7)11(15)16/h1-3H3,(H,13,14)(H,15,16). The molecule has 2 N–H and O–H groups in total. The van der Waals surface area contributed by atoms with E-state index in [1.165, 1.54) is 21.3 Å².